The fourth-order valence-corrected chi connectivity index (χ4v) is 2.80. The standard InChI is InChI=1S/C13H20N4O3/c1-2-16-8-10(17(19)20)6-12(16)13(18)15-11-5-3-4-9(11)7-14/h6,8-9,11H,2-5,7,14H2,1H3,(H,15,18). The number of carbonyl (C=O) groups excluding carboxylic acids is 1. The van der Waals surface area contributed by atoms with Crippen LogP contribution in [0.4, 0.5) is 5.69 Å². The van der Waals surface area contributed by atoms with Crippen molar-refractivity contribution in [3.63, 3.8) is 0 Å². The van der Waals surface area contributed by atoms with Gasteiger partial charge in [-0.25, -0.2) is 0 Å². The minimum Gasteiger partial charge on any atom is -0.348 e. The van der Waals surface area contributed by atoms with Gasteiger partial charge in [-0.2, -0.15) is 0 Å². The van der Waals surface area contributed by atoms with Gasteiger partial charge in [-0.15, -0.1) is 0 Å². The van der Waals surface area contributed by atoms with E-state index in [2.05, 4.69) is 5.32 Å². The van der Waals surface area contributed by atoms with Crippen LogP contribution in [0, 0.1) is 16.0 Å². The van der Waals surface area contributed by atoms with Crippen LogP contribution in [0.5, 0.6) is 0 Å². The van der Waals surface area contributed by atoms with Crippen molar-refractivity contribution in [3.05, 3.63) is 28.1 Å². The maximum Gasteiger partial charge on any atom is 0.287 e. The fourth-order valence-electron chi connectivity index (χ4n) is 2.80. The normalized spacial score (nSPS) is 21.9. The minimum atomic E-state index is -0.485. The molecule has 2 unspecified atom stereocenters. The molecule has 1 aromatic heterocycles. The Labute approximate surface area is 117 Å². The molecule has 3 N–H and O–H groups in total. The van der Waals surface area contributed by atoms with Gasteiger partial charge in [-0.1, -0.05) is 6.42 Å². The van der Waals surface area contributed by atoms with Crippen molar-refractivity contribution in [2.75, 3.05) is 6.54 Å². The van der Waals surface area contributed by atoms with E-state index in [-0.39, 0.29) is 17.6 Å². The van der Waals surface area contributed by atoms with Crippen LogP contribution in [0.15, 0.2) is 12.3 Å². The van der Waals surface area contributed by atoms with E-state index in [0.717, 1.165) is 19.3 Å². The summed E-state index contributed by atoms with van der Waals surface area (Å²) in [7, 11) is 0. The van der Waals surface area contributed by atoms with Gasteiger partial charge in [-0.05, 0) is 32.2 Å². The number of nitrogens with zero attached hydrogens (tertiary/aromatic N) is 2. The predicted octanol–water partition coefficient (Wildman–Crippen LogP) is 1.27. The molecule has 7 heteroatoms. The third kappa shape index (κ3) is 2.82. The van der Waals surface area contributed by atoms with Gasteiger partial charge in [-0.3, -0.25) is 14.9 Å². The summed E-state index contributed by atoms with van der Waals surface area (Å²) in [6.07, 6.45) is 4.39. The van der Waals surface area contributed by atoms with E-state index in [9.17, 15) is 14.9 Å². The van der Waals surface area contributed by atoms with Crippen molar-refractivity contribution in [2.45, 2.75) is 38.8 Å². The second kappa shape index (κ2) is 6.04. The zero-order valence-electron chi connectivity index (χ0n) is 11.5. The molecule has 2 atom stereocenters. The molecule has 1 aliphatic carbocycles. The molecule has 2 rings (SSSR count). The number of nitrogens with one attached hydrogen (secondary N) is 1. The number of amides is 1. The van der Waals surface area contributed by atoms with Crippen molar-refractivity contribution in [1.29, 1.82) is 0 Å². The Kier molecular flexibility index (Phi) is 4.39. The Hall–Kier alpha value is -1.89. The van der Waals surface area contributed by atoms with Gasteiger partial charge < -0.3 is 15.6 Å². The molecule has 1 heterocycles. The first-order chi connectivity index (χ1) is 9.56. The highest BCUT2D eigenvalue weighted by molar-refractivity contribution is 5.93. The molecule has 110 valence electrons. The van der Waals surface area contributed by atoms with E-state index >= 15 is 0 Å². The molecule has 20 heavy (non-hydrogen) atoms. The van der Waals surface area contributed by atoms with E-state index in [0.29, 0.717) is 24.7 Å². The average Bonchev–Trinajstić information content (AvgIpc) is 3.04. The summed E-state index contributed by atoms with van der Waals surface area (Å²) in [5.74, 6) is 0.0456. The molecule has 0 bridgehead atoms. The molecule has 1 fully saturated rings. The number of hydrogen-bond donors (Lipinski definition) is 2. The summed E-state index contributed by atoms with van der Waals surface area (Å²) in [6.45, 7) is 2.92. The van der Waals surface area contributed by atoms with Gasteiger partial charge in [0.25, 0.3) is 11.6 Å². The molecule has 0 aromatic carbocycles. The average molecular weight is 280 g/mol. The fraction of sp³-hybridized carbons (Fsp3) is 0.615. The number of nitrogens with two attached hydrogens (primary N) is 1. The lowest BCUT2D eigenvalue weighted by atomic mass is 10.0. The lowest BCUT2D eigenvalue weighted by Gasteiger charge is -2.19. The second-order valence-corrected chi connectivity index (χ2v) is 5.13. The van der Waals surface area contributed by atoms with Crippen LogP contribution in [0.2, 0.25) is 0 Å². The zero-order chi connectivity index (χ0) is 14.7. The van der Waals surface area contributed by atoms with Crippen molar-refractivity contribution in [1.82, 2.24) is 9.88 Å². The van der Waals surface area contributed by atoms with Crippen LogP contribution in [-0.2, 0) is 6.54 Å². The number of aromatic nitrogens is 1. The second-order valence-electron chi connectivity index (χ2n) is 5.13. The zero-order valence-corrected chi connectivity index (χ0v) is 11.5. The Morgan fingerprint density at radius 2 is 2.35 bits per heavy atom. The van der Waals surface area contributed by atoms with Gasteiger partial charge in [0.05, 0.1) is 11.1 Å². The lowest BCUT2D eigenvalue weighted by Crippen LogP contribution is -2.40. The molecular formula is C13H20N4O3. The third-order valence-corrected chi connectivity index (χ3v) is 3.94. The van der Waals surface area contributed by atoms with Crippen LogP contribution in [0.25, 0.3) is 0 Å². The molecule has 0 radical (unpaired) electrons. The van der Waals surface area contributed by atoms with Gasteiger partial charge in [0.15, 0.2) is 0 Å². The number of aryl methyl sites for hydroxylation is 1. The minimum absolute atomic E-state index is 0.0567. The molecule has 0 saturated heterocycles. The lowest BCUT2D eigenvalue weighted by molar-refractivity contribution is -0.384. The molecule has 1 aliphatic rings. The van der Waals surface area contributed by atoms with Crippen molar-refractivity contribution in [3.8, 4) is 0 Å². The number of rotatable bonds is 5. The van der Waals surface area contributed by atoms with Gasteiger partial charge in [0.2, 0.25) is 0 Å². The topological polar surface area (TPSA) is 103 Å². The van der Waals surface area contributed by atoms with Crippen LogP contribution in [0.3, 0.4) is 0 Å². The summed E-state index contributed by atoms with van der Waals surface area (Å²) >= 11 is 0. The summed E-state index contributed by atoms with van der Waals surface area (Å²) in [5.41, 5.74) is 5.97. The maximum atomic E-state index is 12.3. The third-order valence-electron chi connectivity index (χ3n) is 3.94. The van der Waals surface area contributed by atoms with Gasteiger partial charge in [0.1, 0.15) is 5.69 Å². The summed E-state index contributed by atoms with van der Waals surface area (Å²) in [5, 5.41) is 13.8. The Morgan fingerprint density at radius 3 is 2.95 bits per heavy atom. The molecule has 0 spiro atoms. The van der Waals surface area contributed by atoms with E-state index < -0.39 is 4.92 Å². The van der Waals surface area contributed by atoms with Crippen molar-refractivity contribution >= 4 is 11.6 Å². The predicted molar refractivity (Wildman–Crippen MR) is 74.4 cm³/mol. The highest BCUT2D eigenvalue weighted by Crippen LogP contribution is 2.25. The summed E-state index contributed by atoms with van der Waals surface area (Å²) in [4.78, 5) is 22.6. The molecule has 1 aromatic rings. The summed E-state index contributed by atoms with van der Waals surface area (Å²) in [6, 6.07) is 1.40. The molecule has 7 nitrogen and oxygen atoms in total. The number of carbonyl (C=O) groups is 1. The first-order valence-electron chi connectivity index (χ1n) is 6.92. The highest BCUT2D eigenvalue weighted by atomic mass is 16.6. The SMILES string of the molecule is CCn1cc([N+](=O)[O-])cc1C(=O)NC1CCCC1CN. The molecular weight excluding hydrogens is 260 g/mol. The Balaban J connectivity index is 2.14. The van der Waals surface area contributed by atoms with E-state index in [4.69, 9.17) is 5.73 Å². The van der Waals surface area contributed by atoms with Gasteiger partial charge in [0, 0.05) is 18.7 Å². The van der Waals surface area contributed by atoms with Crippen LogP contribution in [-0.4, -0.2) is 28.0 Å². The van der Waals surface area contributed by atoms with E-state index in [1.807, 2.05) is 6.92 Å². The summed E-state index contributed by atoms with van der Waals surface area (Å²) < 4.78 is 1.60. The molecule has 1 saturated carbocycles. The largest absolute Gasteiger partial charge is 0.348 e. The number of hydrogen-bond acceptors (Lipinski definition) is 4. The Morgan fingerprint density at radius 1 is 1.60 bits per heavy atom. The molecule has 1 amide bonds. The number of nitro groups is 1. The first kappa shape index (κ1) is 14.5. The van der Waals surface area contributed by atoms with E-state index in [1.54, 1.807) is 4.57 Å². The highest BCUT2D eigenvalue weighted by Gasteiger charge is 2.29. The van der Waals surface area contributed by atoms with Crippen LogP contribution in [0.1, 0.15) is 36.7 Å². The van der Waals surface area contributed by atoms with Crippen LogP contribution < -0.4 is 11.1 Å². The monoisotopic (exact) mass is 280 g/mol. The smallest absolute Gasteiger partial charge is 0.287 e. The molecule has 0 aliphatic heterocycles. The van der Waals surface area contributed by atoms with Crippen molar-refractivity contribution in [2.24, 2.45) is 11.7 Å². The maximum absolute atomic E-state index is 12.3. The van der Waals surface area contributed by atoms with E-state index in [1.165, 1.54) is 12.3 Å². The first-order valence-corrected chi connectivity index (χ1v) is 6.92. The Bertz CT molecular complexity index is 512. The quantitative estimate of drug-likeness (QED) is 0.626. The van der Waals surface area contributed by atoms with Crippen LogP contribution >= 0.6 is 0 Å². The van der Waals surface area contributed by atoms with Crippen molar-refractivity contribution < 1.29 is 9.72 Å². The van der Waals surface area contributed by atoms with Gasteiger partial charge >= 0.3 is 0 Å².